The van der Waals surface area contributed by atoms with Gasteiger partial charge in [0, 0.05) is 44.0 Å². The van der Waals surface area contributed by atoms with Crippen LogP contribution in [0.15, 0.2) is 42.5 Å². The molecule has 1 aliphatic heterocycles. The van der Waals surface area contributed by atoms with Crippen molar-refractivity contribution in [3.63, 3.8) is 0 Å². The Labute approximate surface area is 191 Å². The first-order valence-electron chi connectivity index (χ1n) is 10.4. The van der Waals surface area contributed by atoms with Gasteiger partial charge in [-0.3, -0.25) is 14.9 Å². The number of rotatable bonds is 5. The Hall–Kier alpha value is -3.51. The highest BCUT2D eigenvalue weighted by atomic mass is 32.1. The van der Waals surface area contributed by atoms with Gasteiger partial charge in [0.1, 0.15) is 5.82 Å². The Morgan fingerprint density at radius 1 is 1.12 bits per heavy atom. The predicted octanol–water partition coefficient (Wildman–Crippen LogP) is 3.27. The van der Waals surface area contributed by atoms with E-state index in [1.54, 1.807) is 0 Å². The lowest BCUT2D eigenvalue weighted by Crippen LogP contribution is -2.48. The molecule has 1 heterocycles. The molecular formula is C23H24FN5O2S. The number of thiocarbonyl (C=S) groups is 1. The van der Waals surface area contributed by atoms with Crippen LogP contribution in [-0.4, -0.2) is 48.0 Å². The average Bonchev–Trinajstić information content (AvgIpc) is 2.79. The van der Waals surface area contributed by atoms with Gasteiger partial charge in [-0.05, 0) is 61.1 Å². The molecule has 0 unspecified atom stereocenters. The fraction of sp³-hybridized carbons (Fsp3) is 0.304. The molecule has 2 aromatic carbocycles. The molecule has 7 nitrogen and oxygen atoms in total. The van der Waals surface area contributed by atoms with Crippen LogP contribution >= 0.6 is 12.2 Å². The lowest BCUT2D eigenvalue weighted by atomic mass is 10.1. The van der Waals surface area contributed by atoms with Crippen molar-refractivity contribution >= 4 is 40.5 Å². The summed E-state index contributed by atoms with van der Waals surface area (Å²) >= 11 is 5.16. The van der Waals surface area contributed by atoms with Crippen LogP contribution in [0.3, 0.4) is 0 Å². The van der Waals surface area contributed by atoms with Crippen LogP contribution in [-0.2, 0) is 4.79 Å². The molecule has 166 valence electrons. The van der Waals surface area contributed by atoms with Crippen LogP contribution in [0.1, 0.15) is 35.7 Å². The normalized spacial score (nSPS) is 13.3. The topological polar surface area (TPSA) is 88.5 Å². The van der Waals surface area contributed by atoms with Gasteiger partial charge in [0.25, 0.3) is 5.91 Å². The smallest absolute Gasteiger partial charge is 0.260 e. The van der Waals surface area contributed by atoms with E-state index in [1.807, 2.05) is 42.2 Å². The minimum Gasteiger partial charge on any atom is -0.368 e. The lowest BCUT2D eigenvalue weighted by Gasteiger charge is -2.36. The van der Waals surface area contributed by atoms with Crippen molar-refractivity contribution in [2.24, 2.45) is 0 Å². The molecule has 2 amide bonds. The zero-order chi connectivity index (χ0) is 23.1. The minimum absolute atomic E-state index is 0.0366. The van der Waals surface area contributed by atoms with Crippen molar-refractivity contribution in [2.75, 3.05) is 36.4 Å². The maximum atomic E-state index is 14.0. The molecular weight excluding hydrogens is 429 g/mol. The van der Waals surface area contributed by atoms with E-state index in [-0.39, 0.29) is 22.1 Å². The Morgan fingerprint density at radius 3 is 2.41 bits per heavy atom. The van der Waals surface area contributed by atoms with Gasteiger partial charge in [0.2, 0.25) is 5.91 Å². The number of nitrogens with zero attached hydrogens (tertiary/aromatic N) is 3. The molecule has 0 spiro atoms. The predicted molar refractivity (Wildman–Crippen MR) is 125 cm³/mol. The molecule has 3 rings (SSSR count). The van der Waals surface area contributed by atoms with Gasteiger partial charge in [-0.25, -0.2) is 4.39 Å². The van der Waals surface area contributed by atoms with Gasteiger partial charge in [0.15, 0.2) is 5.11 Å². The van der Waals surface area contributed by atoms with E-state index in [9.17, 15) is 14.0 Å². The zero-order valence-corrected chi connectivity index (χ0v) is 18.5. The number of carbonyl (C=O) groups excluding carboxylic acids is 2. The standard InChI is InChI=1S/C23H24FN5O2S/c1-2-3-21(30)29-12-10-28(11-13-29)18-7-5-17(6-8-18)26-23(32)27-22(31)19-9-4-16(15-25)14-20(19)24/h4-9,14H,2-3,10-13H2,1H3,(H2,26,27,31,32). The van der Waals surface area contributed by atoms with E-state index in [2.05, 4.69) is 15.5 Å². The second kappa shape index (κ2) is 10.7. The summed E-state index contributed by atoms with van der Waals surface area (Å²) in [4.78, 5) is 28.4. The summed E-state index contributed by atoms with van der Waals surface area (Å²) in [7, 11) is 0. The first-order chi connectivity index (χ1) is 15.4. The van der Waals surface area contributed by atoms with Crippen molar-refractivity contribution in [3.05, 3.63) is 59.4 Å². The summed E-state index contributed by atoms with van der Waals surface area (Å²) in [5.41, 5.74) is 1.65. The van der Waals surface area contributed by atoms with Gasteiger partial charge in [-0.1, -0.05) is 6.92 Å². The molecule has 1 aliphatic rings. The van der Waals surface area contributed by atoms with Gasteiger partial charge in [-0.15, -0.1) is 0 Å². The highest BCUT2D eigenvalue weighted by Gasteiger charge is 2.20. The third kappa shape index (κ3) is 5.80. The van der Waals surface area contributed by atoms with E-state index in [0.29, 0.717) is 25.2 Å². The van der Waals surface area contributed by atoms with E-state index in [4.69, 9.17) is 17.5 Å². The highest BCUT2D eigenvalue weighted by molar-refractivity contribution is 7.80. The molecule has 9 heteroatoms. The van der Waals surface area contributed by atoms with E-state index >= 15 is 0 Å². The number of piperazine rings is 1. The number of amides is 2. The third-order valence-electron chi connectivity index (χ3n) is 5.16. The molecule has 0 saturated carbocycles. The number of anilines is 2. The second-order valence-corrected chi connectivity index (χ2v) is 7.79. The number of hydrogen-bond acceptors (Lipinski definition) is 5. The molecule has 2 aromatic rings. The van der Waals surface area contributed by atoms with Gasteiger partial charge in [0.05, 0.1) is 17.2 Å². The van der Waals surface area contributed by atoms with Crippen LogP contribution in [0.4, 0.5) is 15.8 Å². The van der Waals surface area contributed by atoms with Crippen molar-refractivity contribution in [2.45, 2.75) is 19.8 Å². The Balaban J connectivity index is 1.52. The fourth-order valence-corrected chi connectivity index (χ4v) is 3.65. The zero-order valence-electron chi connectivity index (χ0n) is 17.7. The second-order valence-electron chi connectivity index (χ2n) is 7.38. The van der Waals surface area contributed by atoms with Crippen molar-refractivity contribution in [1.82, 2.24) is 10.2 Å². The molecule has 0 aliphatic carbocycles. The summed E-state index contributed by atoms with van der Waals surface area (Å²) in [6.45, 7) is 4.97. The van der Waals surface area contributed by atoms with Crippen LogP contribution < -0.4 is 15.5 Å². The van der Waals surface area contributed by atoms with Crippen molar-refractivity contribution < 1.29 is 14.0 Å². The van der Waals surface area contributed by atoms with Crippen LogP contribution in [0, 0.1) is 17.1 Å². The monoisotopic (exact) mass is 453 g/mol. The maximum absolute atomic E-state index is 14.0. The van der Waals surface area contributed by atoms with Crippen LogP contribution in [0.25, 0.3) is 0 Å². The van der Waals surface area contributed by atoms with Gasteiger partial charge < -0.3 is 15.1 Å². The molecule has 32 heavy (non-hydrogen) atoms. The number of carbonyl (C=O) groups is 2. The number of nitrogens with one attached hydrogen (secondary N) is 2. The molecule has 0 bridgehead atoms. The Kier molecular flexibility index (Phi) is 7.73. The van der Waals surface area contributed by atoms with E-state index in [1.165, 1.54) is 12.1 Å². The van der Waals surface area contributed by atoms with Crippen LogP contribution in [0.5, 0.6) is 0 Å². The SMILES string of the molecule is CCCC(=O)N1CCN(c2ccc(NC(=S)NC(=O)c3ccc(C#N)cc3F)cc2)CC1. The molecule has 0 atom stereocenters. The largest absolute Gasteiger partial charge is 0.368 e. The van der Waals surface area contributed by atoms with E-state index < -0.39 is 11.7 Å². The summed E-state index contributed by atoms with van der Waals surface area (Å²) < 4.78 is 14.0. The molecule has 0 aromatic heterocycles. The third-order valence-corrected chi connectivity index (χ3v) is 5.36. The number of benzene rings is 2. The molecule has 2 N–H and O–H groups in total. The summed E-state index contributed by atoms with van der Waals surface area (Å²) in [6, 6.07) is 13.0. The molecule has 1 fully saturated rings. The summed E-state index contributed by atoms with van der Waals surface area (Å²) in [6.07, 6.45) is 1.45. The highest BCUT2D eigenvalue weighted by Crippen LogP contribution is 2.20. The van der Waals surface area contributed by atoms with Gasteiger partial charge in [-0.2, -0.15) is 5.26 Å². The quantitative estimate of drug-likeness (QED) is 0.676. The number of halogens is 1. The summed E-state index contributed by atoms with van der Waals surface area (Å²) in [5, 5.41) is 14.2. The Bertz CT molecular complexity index is 1040. The lowest BCUT2D eigenvalue weighted by molar-refractivity contribution is -0.131. The van der Waals surface area contributed by atoms with Crippen molar-refractivity contribution in [3.8, 4) is 6.07 Å². The number of nitriles is 1. The first kappa shape index (κ1) is 23.2. The van der Waals surface area contributed by atoms with E-state index in [0.717, 1.165) is 31.3 Å². The average molecular weight is 454 g/mol. The maximum Gasteiger partial charge on any atom is 0.260 e. The summed E-state index contributed by atoms with van der Waals surface area (Å²) in [5.74, 6) is -1.27. The number of hydrogen-bond donors (Lipinski definition) is 2. The van der Waals surface area contributed by atoms with Crippen LogP contribution in [0.2, 0.25) is 0 Å². The fourth-order valence-electron chi connectivity index (χ4n) is 3.44. The Morgan fingerprint density at radius 2 is 1.81 bits per heavy atom. The van der Waals surface area contributed by atoms with Crippen molar-refractivity contribution in [1.29, 1.82) is 5.26 Å². The first-order valence-corrected chi connectivity index (χ1v) is 10.8. The molecule has 1 saturated heterocycles. The van der Waals surface area contributed by atoms with Gasteiger partial charge >= 0.3 is 0 Å². The molecule has 0 radical (unpaired) electrons. The minimum atomic E-state index is -0.787.